The van der Waals surface area contributed by atoms with Gasteiger partial charge in [0.1, 0.15) is 11.2 Å². The summed E-state index contributed by atoms with van der Waals surface area (Å²) in [5.74, 6) is -1.74. The second kappa shape index (κ2) is 25.0. The second-order valence-corrected chi connectivity index (χ2v) is 9.86. The molecule has 7 nitrogen and oxygen atoms in total. The van der Waals surface area contributed by atoms with Crippen LogP contribution in [0, 0.1) is 0 Å². The maximum Gasteiger partial charge on any atom is 0.326 e. The minimum absolute atomic E-state index is 0.0193. The van der Waals surface area contributed by atoms with Crippen molar-refractivity contribution >= 4 is 29.4 Å². The monoisotopic (exact) mass is 595 g/mol. The average Bonchev–Trinajstić information content (AvgIpc) is 2.97. The van der Waals surface area contributed by atoms with Crippen LogP contribution in [0.5, 0.6) is 0 Å². The van der Waals surface area contributed by atoms with Gasteiger partial charge in [-0.15, -0.1) is 0 Å². The van der Waals surface area contributed by atoms with Crippen LogP contribution in [0.1, 0.15) is 87.9 Å². The third-order valence-electron chi connectivity index (χ3n) is 5.98. The first-order chi connectivity index (χ1) is 20.5. The number of rotatable bonds is 22. The lowest BCUT2D eigenvalue weighted by Crippen LogP contribution is -2.41. The van der Waals surface area contributed by atoms with Crippen LogP contribution in [-0.4, -0.2) is 40.5 Å². The van der Waals surface area contributed by atoms with Crippen molar-refractivity contribution in [3.8, 4) is 0 Å². The van der Waals surface area contributed by atoms with Crippen LogP contribution in [0.25, 0.3) is 0 Å². The lowest BCUT2D eigenvalue weighted by Gasteiger charge is -2.15. The Kier molecular flexibility index (Phi) is 21.6. The fourth-order valence-corrected chi connectivity index (χ4v) is 3.90. The zero-order valence-electron chi connectivity index (χ0n) is 24.7. The van der Waals surface area contributed by atoms with E-state index in [4.69, 9.17) is 11.6 Å². The van der Waals surface area contributed by atoms with Gasteiger partial charge in [-0.3, -0.25) is 9.59 Å². The van der Waals surface area contributed by atoms with Crippen molar-refractivity contribution in [2.75, 3.05) is 6.54 Å². The number of aliphatic carboxylic acids is 1. The predicted octanol–water partition coefficient (Wildman–Crippen LogP) is 7.68. The molecule has 1 aromatic heterocycles. The highest BCUT2D eigenvalue weighted by molar-refractivity contribution is 6.32. The van der Waals surface area contributed by atoms with Gasteiger partial charge < -0.3 is 15.7 Å². The average molecular weight is 596 g/mol. The Morgan fingerprint density at radius 1 is 0.857 bits per heavy atom. The molecule has 0 saturated heterocycles. The zero-order valence-corrected chi connectivity index (χ0v) is 25.5. The summed E-state index contributed by atoms with van der Waals surface area (Å²) in [6, 6.07) is 2.00. The molecule has 0 spiro atoms. The summed E-state index contributed by atoms with van der Waals surface area (Å²) in [5.41, 5.74) is 0.129. The Labute approximate surface area is 256 Å². The summed E-state index contributed by atoms with van der Waals surface area (Å²) in [5, 5.41) is 14.8. The first-order valence-corrected chi connectivity index (χ1v) is 15.1. The standard InChI is InChI=1S/C34H46ClN3O4/c1-2-3-4-5-6-7-8-9-10-11-12-13-14-15-16-17-18-19-20-26-31(39)36-27-22-21-25-30(34(41)42)38-33(40)29-24-23-28-37-32(29)35/h3-4,6-7,9-10,12-13,15-16,18-19,23-24,28,30H,2,5,8,11,14,17,20-22,25-27H2,1H3,(H,36,39)(H,38,40)(H,41,42). The number of hydrogen-bond donors (Lipinski definition) is 3. The molecule has 0 bridgehead atoms. The van der Waals surface area contributed by atoms with Gasteiger partial charge in [0.2, 0.25) is 5.91 Å². The summed E-state index contributed by atoms with van der Waals surface area (Å²) in [6.07, 6.45) is 35.5. The molecule has 0 aliphatic heterocycles. The third kappa shape index (κ3) is 19.4. The molecule has 0 aliphatic rings. The van der Waals surface area contributed by atoms with Crippen LogP contribution in [0.2, 0.25) is 5.15 Å². The number of amides is 2. The van der Waals surface area contributed by atoms with Crippen molar-refractivity contribution in [1.82, 2.24) is 15.6 Å². The molecule has 1 unspecified atom stereocenters. The number of hydrogen-bond acceptors (Lipinski definition) is 4. The molecule has 0 saturated carbocycles. The van der Waals surface area contributed by atoms with Gasteiger partial charge in [0, 0.05) is 19.2 Å². The van der Waals surface area contributed by atoms with Crippen LogP contribution < -0.4 is 10.6 Å². The van der Waals surface area contributed by atoms with Crippen molar-refractivity contribution in [2.24, 2.45) is 0 Å². The van der Waals surface area contributed by atoms with Crippen molar-refractivity contribution < 1.29 is 19.5 Å². The summed E-state index contributed by atoms with van der Waals surface area (Å²) in [7, 11) is 0. The molecule has 1 rings (SSSR count). The Morgan fingerprint density at radius 2 is 1.40 bits per heavy atom. The predicted molar refractivity (Wildman–Crippen MR) is 172 cm³/mol. The largest absolute Gasteiger partial charge is 0.480 e. The number of carbonyl (C=O) groups excluding carboxylic acids is 2. The van der Waals surface area contributed by atoms with E-state index in [1.165, 1.54) is 12.3 Å². The van der Waals surface area contributed by atoms with Gasteiger partial charge in [0.05, 0.1) is 5.56 Å². The highest BCUT2D eigenvalue weighted by atomic mass is 35.5. The van der Waals surface area contributed by atoms with E-state index in [1.54, 1.807) is 6.07 Å². The molecule has 0 fully saturated rings. The molecule has 8 heteroatoms. The number of carboxylic acid groups (broad SMARTS) is 1. The normalized spacial score (nSPS) is 12.9. The number of pyridine rings is 1. The topological polar surface area (TPSA) is 108 Å². The van der Waals surface area contributed by atoms with Crippen molar-refractivity contribution in [1.29, 1.82) is 0 Å². The number of nitrogens with zero attached hydrogens (tertiary/aromatic N) is 1. The maximum absolute atomic E-state index is 12.3. The number of aromatic nitrogens is 1. The van der Waals surface area contributed by atoms with Gasteiger partial charge in [-0.2, -0.15) is 0 Å². The molecule has 228 valence electrons. The van der Waals surface area contributed by atoms with Crippen LogP contribution in [0.3, 0.4) is 0 Å². The van der Waals surface area contributed by atoms with E-state index in [9.17, 15) is 19.5 Å². The molecular formula is C34H46ClN3O4. The number of allylic oxidation sites excluding steroid dienone is 12. The number of carbonyl (C=O) groups is 3. The lowest BCUT2D eigenvalue weighted by atomic mass is 10.1. The Balaban J connectivity index is 2.07. The highest BCUT2D eigenvalue weighted by Crippen LogP contribution is 2.12. The van der Waals surface area contributed by atoms with Gasteiger partial charge in [0.15, 0.2) is 0 Å². The molecule has 3 N–H and O–H groups in total. The molecule has 42 heavy (non-hydrogen) atoms. The van der Waals surface area contributed by atoms with Gasteiger partial charge in [-0.25, -0.2) is 9.78 Å². The van der Waals surface area contributed by atoms with E-state index in [2.05, 4.69) is 89.4 Å². The minimum atomic E-state index is -1.12. The molecule has 2 amide bonds. The van der Waals surface area contributed by atoms with Gasteiger partial charge in [-0.05, 0) is 76.3 Å². The van der Waals surface area contributed by atoms with Gasteiger partial charge in [-0.1, -0.05) is 91.4 Å². The third-order valence-corrected chi connectivity index (χ3v) is 6.28. The van der Waals surface area contributed by atoms with E-state index in [1.807, 2.05) is 6.08 Å². The van der Waals surface area contributed by atoms with E-state index < -0.39 is 17.9 Å². The summed E-state index contributed by atoms with van der Waals surface area (Å²) < 4.78 is 0. The van der Waals surface area contributed by atoms with Gasteiger partial charge >= 0.3 is 5.97 Å². The van der Waals surface area contributed by atoms with Crippen LogP contribution in [0.15, 0.2) is 91.2 Å². The van der Waals surface area contributed by atoms with Crippen LogP contribution in [0.4, 0.5) is 0 Å². The molecule has 1 atom stereocenters. The molecule has 0 aromatic carbocycles. The van der Waals surface area contributed by atoms with Gasteiger partial charge in [0.25, 0.3) is 5.91 Å². The SMILES string of the molecule is CCC=CCC=CCC=CCC=CCC=CCC=CCCC(=O)NCCCCC(NC(=O)c1cccnc1Cl)C(=O)O. The minimum Gasteiger partial charge on any atom is -0.480 e. The Morgan fingerprint density at radius 3 is 1.93 bits per heavy atom. The smallest absolute Gasteiger partial charge is 0.326 e. The Bertz CT molecular complexity index is 1110. The molecule has 0 aliphatic carbocycles. The van der Waals surface area contributed by atoms with Crippen LogP contribution in [-0.2, 0) is 9.59 Å². The fourth-order valence-electron chi connectivity index (χ4n) is 3.69. The fraction of sp³-hybridized carbons (Fsp3) is 0.412. The summed E-state index contributed by atoms with van der Waals surface area (Å²) in [4.78, 5) is 39.7. The van der Waals surface area contributed by atoms with Crippen molar-refractivity contribution in [3.05, 3.63) is 102 Å². The first kappa shape index (κ1) is 36.3. The summed E-state index contributed by atoms with van der Waals surface area (Å²) >= 11 is 5.90. The van der Waals surface area contributed by atoms with Crippen LogP contribution >= 0.6 is 11.6 Å². The van der Waals surface area contributed by atoms with Crippen molar-refractivity contribution in [3.63, 3.8) is 0 Å². The zero-order chi connectivity index (χ0) is 30.7. The molecule has 0 radical (unpaired) electrons. The number of nitrogens with one attached hydrogen (secondary N) is 2. The lowest BCUT2D eigenvalue weighted by molar-refractivity contribution is -0.139. The first-order valence-electron chi connectivity index (χ1n) is 14.8. The molecule has 1 heterocycles. The maximum atomic E-state index is 12.3. The quantitative estimate of drug-likeness (QED) is 0.0723. The number of unbranched alkanes of at least 4 members (excludes halogenated alkanes) is 1. The molecule has 1 aromatic rings. The van der Waals surface area contributed by atoms with E-state index in [0.29, 0.717) is 32.2 Å². The van der Waals surface area contributed by atoms with E-state index in [0.717, 1.165) is 38.5 Å². The van der Waals surface area contributed by atoms with E-state index >= 15 is 0 Å². The summed E-state index contributed by atoms with van der Waals surface area (Å²) in [6.45, 7) is 2.60. The van der Waals surface area contributed by atoms with E-state index in [-0.39, 0.29) is 23.0 Å². The molecular weight excluding hydrogens is 550 g/mol. The number of halogens is 1. The Hall–Kier alpha value is -3.71. The second-order valence-electron chi connectivity index (χ2n) is 9.51. The van der Waals surface area contributed by atoms with Crippen molar-refractivity contribution in [2.45, 2.75) is 83.6 Å². The number of carboxylic acids is 1. The highest BCUT2D eigenvalue weighted by Gasteiger charge is 2.21.